The average molecular weight is 443 g/mol. The zero-order valence-electron chi connectivity index (χ0n) is 20.6. The fraction of sp³-hybridized carbons (Fsp3) is 0.724. The van der Waals surface area contributed by atoms with E-state index in [-0.39, 0.29) is 12.2 Å². The van der Waals surface area contributed by atoms with E-state index in [2.05, 4.69) is 31.2 Å². The summed E-state index contributed by atoms with van der Waals surface area (Å²) in [5, 5.41) is 30.3. The van der Waals surface area contributed by atoms with E-state index in [0.717, 1.165) is 18.8 Å². The topological polar surface area (TPSA) is 60.7 Å². The summed E-state index contributed by atoms with van der Waals surface area (Å²) in [4.78, 5) is 0. The van der Waals surface area contributed by atoms with Crippen LogP contribution in [-0.2, 0) is 0 Å². The number of hydrogen-bond acceptors (Lipinski definition) is 3. The van der Waals surface area contributed by atoms with Gasteiger partial charge in [0.05, 0.1) is 17.8 Å². The largest absolute Gasteiger partial charge is 0.393 e. The van der Waals surface area contributed by atoms with Crippen LogP contribution in [0, 0.1) is 17.3 Å². The van der Waals surface area contributed by atoms with Gasteiger partial charge in [-0.3, -0.25) is 0 Å². The van der Waals surface area contributed by atoms with Crippen molar-refractivity contribution in [2.24, 2.45) is 17.3 Å². The van der Waals surface area contributed by atoms with Crippen molar-refractivity contribution in [3.05, 3.63) is 47.6 Å². The lowest BCUT2D eigenvalue weighted by molar-refractivity contribution is 0.0609. The monoisotopic (exact) mass is 442 g/mol. The molecule has 0 bridgehead atoms. The molecular formula is C29H46O3. The summed E-state index contributed by atoms with van der Waals surface area (Å²) in [6.07, 6.45) is 24.6. The lowest BCUT2D eigenvalue weighted by atomic mass is 9.70. The summed E-state index contributed by atoms with van der Waals surface area (Å²) < 4.78 is 0. The second-order valence-corrected chi connectivity index (χ2v) is 11.0. The van der Waals surface area contributed by atoms with Crippen LogP contribution in [0.15, 0.2) is 47.6 Å². The predicted octanol–water partition coefficient (Wildman–Crippen LogP) is 6.41. The van der Waals surface area contributed by atoms with E-state index in [1.165, 1.54) is 50.5 Å². The van der Waals surface area contributed by atoms with E-state index in [0.29, 0.717) is 30.6 Å². The minimum atomic E-state index is -0.668. The number of aliphatic hydroxyl groups is 3. The molecule has 3 rings (SSSR count). The fourth-order valence-corrected chi connectivity index (χ4v) is 6.24. The zero-order chi connectivity index (χ0) is 23.2. The van der Waals surface area contributed by atoms with Crippen LogP contribution in [-0.4, -0.2) is 33.1 Å². The normalized spacial score (nSPS) is 35.6. The molecule has 3 nitrogen and oxygen atoms in total. The van der Waals surface area contributed by atoms with Gasteiger partial charge in [-0.1, -0.05) is 68.4 Å². The molecule has 0 aliphatic heterocycles. The molecule has 1 spiro atoms. The minimum absolute atomic E-state index is 0.390. The van der Waals surface area contributed by atoms with Gasteiger partial charge in [0.1, 0.15) is 0 Å². The summed E-state index contributed by atoms with van der Waals surface area (Å²) in [5.74, 6) is 1.31. The van der Waals surface area contributed by atoms with Crippen molar-refractivity contribution >= 4 is 0 Å². The first-order chi connectivity index (χ1) is 15.3. The van der Waals surface area contributed by atoms with Gasteiger partial charge in [0, 0.05) is 0 Å². The van der Waals surface area contributed by atoms with Crippen molar-refractivity contribution in [2.75, 3.05) is 0 Å². The van der Waals surface area contributed by atoms with Gasteiger partial charge in [-0.05, 0) is 94.3 Å². The average Bonchev–Trinajstić information content (AvgIpc) is 3.17. The number of aliphatic hydroxyl groups excluding tert-OH is 2. The van der Waals surface area contributed by atoms with Crippen molar-refractivity contribution in [2.45, 2.75) is 116 Å². The van der Waals surface area contributed by atoms with E-state index in [1.54, 1.807) is 5.57 Å². The van der Waals surface area contributed by atoms with E-state index < -0.39 is 5.60 Å². The highest BCUT2D eigenvalue weighted by atomic mass is 16.3. The highest BCUT2D eigenvalue weighted by molar-refractivity contribution is 5.23. The Bertz CT molecular complexity index is 715. The molecule has 1 unspecified atom stereocenters. The number of rotatable bonds is 7. The summed E-state index contributed by atoms with van der Waals surface area (Å²) >= 11 is 0. The van der Waals surface area contributed by atoms with Crippen molar-refractivity contribution in [1.82, 2.24) is 0 Å². The van der Waals surface area contributed by atoms with Gasteiger partial charge in [-0.2, -0.15) is 0 Å². The molecule has 32 heavy (non-hydrogen) atoms. The molecule has 0 radical (unpaired) electrons. The van der Waals surface area contributed by atoms with Gasteiger partial charge >= 0.3 is 0 Å². The van der Waals surface area contributed by atoms with Gasteiger partial charge in [-0.25, -0.2) is 0 Å². The number of allylic oxidation sites excluding steroid dienone is 6. The number of hydrogen-bond donors (Lipinski definition) is 3. The maximum atomic E-state index is 10.4. The van der Waals surface area contributed by atoms with Crippen LogP contribution >= 0.6 is 0 Å². The Kier molecular flexibility index (Phi) is 9.00. The van der Waals surface area contributed by atoms with Crippen molar-refractivity contribution in [3.63, 3.8) is 0 Å². The third-order valence-corrected chi connectivity index (χ3v) is 8.54. The molecule has 0 amide bonds. The molecule has 0 aromatic heterocycles. The second-order valence-electron chi connectivity index (χ2n) is 11.0. The maximum Gasteiger partial charge on any atom is 0.0825 e. The molecule has 3 heteroatoms. The van der Waals surface area contributed by atoms with Crippen molar-refractivity contribution in [3.8, 4) is 0 Å². The molecule has 3 aliphatic carbocycles. The highest BCUT2D eigenvalue weighted by Crippen LogP contribution is 2.54. The predicted molar refractivity (Wildman–Crippen MR) is 133 cm³/mol. The Balaban J connectivity index is 1.56. The Hall–Kier alpha value is -1.16. The Labute approximate surface area is 196 Å². The van der Waals surface area contributed by atoms with Gasteiger partial charge in [0.2, 0.25) is 0 Å². The SMILES string of the molecule is CCC(O)(/C=C/C=C\C(C)[C@@H]1CC[C@@]2(CCC/C(=C\C=C3C[C@@H](O)C[C@@H](O)C3)C2)C1)CC. The van der Waals surface area contributed by atoms with Crippen LogP contribution in [0.1, 0.15) is 97.8 Å². The summed E-state index contributed by atoms with van der Waals surface area (Å²) in [7, 11) is 0. The maximum absolute atomic E-state index is 10.4. The zero-order valence-corrected chi connectivity index (χ0v) is 20.6. The third kappa shape index (κ3) is 6.92. The van der Waals surface area contributed by atoms with E-state index in [9.17, 15) is 15.3 Å². The van der Waals surface area contributed by atoms with E-state index >= 15 is 0 Å². The summed E-state index contributed by atoms with van der Waals surface area (Å²) in [6, 6.07) is 0. The second kappa shape index (κ2) is 11.3. The van der Waals surface area contributed by atoms with Crippen LogP contribution < -0.4 is 0 Å². The first-order valence-electron chi connectivity index (χ1n) is 13.1. The molecule has 3 N–H and O–H groups in total. The lowest BCUT2D eigenvalue weighted by Gasteiger charge is -2.35. The highest BCUT2D eigenvalue weighted by Gasteiger charge is 2.41. The first-order valence-corrected chi connectivity index (χ1v) is 13.1. The molecule has 0 saturated heterocycles. The summed E-state index contributed by atoms with van der Waals surface area (Å²) in [5.41, 5.74) is 2.56. The van der Waals surface area contributed by atoms with Crippen molar-refractivity contribution in [1.29, 1.82) is 0 Å². The third-order valence-electron chi connectivity index (χ3n) is 8.54. The van der Waals surface area contributed by atoms with Crippen LogP contribution in [0.2, 0.25) is 0 Å². The van der Waals surface area contributed by atoms with Gasteiger partial charge < -0.3 is 15.3 Å². The summed E-state index contributed by atoms with van der Waals surface area (Å²) in [6.45, 7) is 6.41. The molecule has 0 aromatic rings. The van der Waals surface area contributed by atoms with Crippen LogP contribution in [0.3, 0.4) is 0 Å². The van der Waals surface area contributed by atoms with Crippen LogP contribution in [0.4, 0.5) is 0 Å². The molecule has 3 saturated carbocycles. The molecule has 5 atom stereocenters. The van der Waals surface area contributed by atoms with Crippen LogP contribution in [0.25, 0.3) is 0 Å². The van der Waals surface area contributed by atoms with Crippen LogP contribution in [0.5, 0.6) is 0 Å². The molecule has 3 aliphatic rings. The van der Waals surface area contributed by atoms with Gasteiger partial charge in [-0.15, -0.1) is 0 Å². The molecular weight excluding hydrogens is 396 g/mol. The molecule has 0 aromatic carbocycles. The fourth-order valence-electron chi connectivity index (χ4n) is 6.24. The first kappa shape index (κ1) is 25.5. The molecule has 3 fully saturated rings. The Morgan fingerprint density at radius 3 is 2.41 bits per heavy atom. The van der Waals surface area contributed by atoms with E-state index in [1.807, 2.05) is 26.0 Å². The van der Waals surface area contributed by atoms with E-state index in [4.69, 9.17) is 0 Å². The Morgan fingerprint density at radius 1 is 1.03 bits per heavy atom. The molecule has 180 valence electrons. The standard InChI is InChI=1S/C29H46O3/c1-4-29(32,5-2)15-7-6-9-22(3)25-13-16-28(21-25)14-8-10-23(20-28)11-12-24-17-26(30)19-27(31)18-24/h6-7,9,11-12,15,22,25-27,30-32H,4-5,8,10,13-14,16-21H2,1-3H3/b9-6-,15-7+,23-11+,24-12?/t22?,25-,26-,27+,28-/m1/s1. The Morgan fingerprint density at radius 2 is 1.72 bits per heavy atom. The lowest BCUT2D eigenvalue weighted by Crippen LogP contribution is -2.25. The van der Waals surface area contributed by atoms with Gasteiger partial charge in [0.15, 0.2) is 0 Å². The minimum Gasteiger partial charge on any atom is -0.393 e. The quantitative estimate of drug-likeness (QED) is 0.400. The molecule has 0 heterocycles. The van der Waals surface area contributed by atoms with Crippen molar-refractivity contribution < 1.29 is 15.3 Å². The van der Waals surface area contributed by atoms with Gasteiger partial charge in [0.25, 0.3) is 0 Å². The smallest absolute Gasteiger partial charge is 0.0825 e.